The largest absolute Gasteiger partial charge is 0.497 e. The van der Waals surface area contributed by atoms with Crippen molar-refractivity contribution in [2.24, 2.45) is 0 Å². The first-order valence-corrected chi connectivity index (χ1v) is 6.51. The van der Waals surface area contributed by atoms with E-state index in [1.54, 1.807) is 12.1 Å². The molecule has 0 N–H and O–H groups in total. The Kier molecular flexibility index (Phi) is 4.11. The molecule has 0 saturated heterocycles. The Bertz CT molecular complexity index is 595. The van der Waals surface area contributed by atoms with Crippen LogP contribution in [0.3, 0.4) is 0 Å². The van der Waals surface area contributed by atoms with Crippen LogP contribution < -0.4 is 4.74 Å². The Balaban J connectivity index is 2.38. The zero-order chi connectivity index (χ0) is 14.0. The summed E-state index contributed by atoms with van der Waals surface area (Å²) in [5.74, 6) is 0.141. The number of hydrogen-bond donors (Lipinski definition) is 0. The molecule has 0 fully saturated rings. The summed E-state index contributed by atoms with van der Waals surface area (Å²) in [4.78, 5) is 0. The van der Waals surface area contributed by atoms with Gasteiger partial charge < -0.3 is 4.74 Å². The molecular weight excluding hydrogens is 263 g/mol. The minimum absolute atomic E-state index is 0.349. The molecule has 0 heterocycles. The number of halogens is 2. The first-order valence-electron chi connectivity index (χ1n) is 6.07. The highest BCUT2D eigenvalue weighted by atomic mass is 35.5. The molecule has 100 valence electrons. The number of aryl methyl sites for hydroxylation is 2. The van der Waals surface area contributed by atoms with Crippen molar-refractivity contribution in [3.8, 4) is 5.75 Å². The Morgan fingerprint density at radius 1 is 1.05 bits per heavy atom. The summed E-state index contributed by atoms with van der Waals surface area (Å²) in [6.45, 7) is 4.06. The summed E-state index contributed by atoms with van der Waals surface area (Å²) in [6.07, 6.45) is 0. The molecule has 2 rings (SSSR count). The van der Waals surface area contributed by atoms with Gasteiger partial charge in [0.05, 0.1) is 12.5 Å². The van der Waals surface area contributed by atoms with Crippen LogP contribution in [0.25, 0.3) is 0 Å². The lowest BCUT2D eigenvalue weighted by atomic mass is 9.99. The fourth-order valence-corrected chi connectivity index (χ4v) is 2.25. The predicted molar refractivity (Wildman–Crippen MR) is 76.6 cm³/mol. The van der Waals surface area contributed by atoms with Gasteiger partial charge in [-0.2, -0.15) is 0 Å². The molecule has 1 atom stereocenters. The minimum Gasteiger partial charge on any atom is -0.497 e. The van der Waals surface area contributed by atoms with Crippen molar-refractivity contribution in [3.63, 3.8) is 0 Å². The van der Waals surface area contributed by atoms with Gasteiger partial charge in [0.2, 0.25) is 0 Å². The minimum atomic E-state index is -0.495. The molecule has 0 saturated carbocycles. The molecule has 0 aliphatic heterocycles. The molecule has 0 aliphatic carbocycles. The maximum absolute atomic E-state index is 14.0. The maximum atomic E-state index is 14.0. The molecule has 19 heavy (non-hydrogen) atoms. The lowest BCUT2D eigenvalue weighted by Crippen LogP contribution is -1.99. The van der Waals surface area contributed by atoms with Crippen molar-refractivity contribution in [3.05, 3.63) is 64.5 Å². The SMILES string of the molecule is COc1ccc(C(Cl)c2ccc(C)c(C)c2)c(F)c1. The van der Waals surface area contributed by atoms with E-state index in [9.17, 15) is 4.39 Å². The van der Waals surface area contributed by atoms with E-state index in [1.807, 2.05) is 32.0 Å². The van der Waals surface area contributed by atoms with Gasteiger partial charge in [0.1, 0.15) is 11.6 Å². The summed E-state index contributed by atoms with van der Waals surface area (Å²) in [7, 11) is 1.51. The quantitative estimate of drug-likeness (QED) is 0.734. The van der Waals surface area contributed by atoms with E-state index in [-0.39, 0.29) is 5.82 Å². The van der Waals surface area contributed by atoms with Crippen LogP contribution in [0.4, 0.5) is 4.39 Å². The Hall–Kier alpha value is -1.54. The third kappa shape index (κ3) is 2.90. The van der Waals surface area contributed by atoms with Crippen LogP contribution in [-0.4, -0.2) is 7.11 Å². The maximum Gasteiger partial charge on any atom is 0.131 e. The van der Waals surface area contributed by atoms with E-state index >= 15 is 0 Å². The van der Waals surface area contributed by atoms with Crippen molar-refractivity contribution in [1.29, 1.82) is 0 Å². The van der Waals surface area contributed by atoms with Crippen molar-refractivity contribution >= 4 is 11.6 Å². The van der Waals surface area contributed by atoms with Crippen molar-refractivity contribution in [2.75, 3.05) is 7.11 Å². The van der Waals surface area contributed by atoms with Crippen LogP contribution in [0.5, 0.6) is 5.75 Å². The van der Waals surface area contributed by atoms with Crippen molar-refractivity contribution in [2.45, 2.75) is 19.2 Å². The number of benzene rings is 2. The van der Waals surface area contributed by atoms with Crippen LogP contribution >= 0.6 is 11.6 Å². The number of hydrogen-bond acceptors (Lipinski definition) is 1. The van der Waals surface area contributed by atoms with Gasteiger partial charge in [0.25, 0.3) is 0 Å². The Labute approximate surface area is 118 Å². The van der Waals surface area contributed by atoms with Crippen molar-refractivity contribution < 1.29 is 9.13 Å². The fraction of sp³-hybridized carbons (Fsp3) is 0.250. The third-order valence-electron chi connectivity index (χ3n) is 3.30. The molecule has 0 spiro atoms. The van der Waals surface area contributed by atoms with Gasteiger partial charge in [-0.3, -0.25) is 0 Å². The van der Waals surface area contributed by atoms with Crippen LogP contribution in [0.15, 0.2) is 36.4 Å². The molecule has 0 aromatic heterocycles. The van der Waals surface area contributed by atoms with Crippen LogP contribution in [-0.2, 0) is 0 Å². The van der Waals surface area contributed by atoms with E-state index < -0.39 is 5.38 Å². The first kappa shape index (κ1) is 13.9. The number of ether oxygens (including phenoxy) is 1. The predicted octanol–water partition coefficient (Wildman–Crippen LogP) is 4.78. The van der Waals surface area contributed by atoms with Gasteiger partial charge in [0, 0.05) is 11.6 Å². The first-order chi connectivity index (χ1) is 9.02. The van der Waals surface area contributed by atoms with E-state index in [4.69, 9.17) is 16.3 Å². The van der Waals surface area contributed by atoms with Crippen LogP contribution in [0.1, 0.15) is 27.6 Å². The van der Waals surface area contributed by atoms with Gasteiger partial charge in [-0.05, 0) is 36.6 Å². The molecule has 3 heteroatoms. The number of alkyl halides is 1. The van der Waals surface area contributed by atoms with E-state index in [0.29, 0.717) is 11.3 Å². The average molecular weight is 279 g/mol. The fourth-order valence-electron chi connectivity index (χ4n) is 1.94. The zero-order valence-electron chi connectivity index (χ0n) is 11.2. The summed E-state index contributed by atoms with van der Waals surface area (Å²) in [5, 5.41) is -0.495. The smallest absolute Gasteiger partial charge is 0.131 e. The van der Waals surface area contributed by atoms with Crippen molar-refractivity contribution in [1.82, 2.24) is 0 Å². The van der Waals surface area contributed by atoms with Gasteiger partial charge in [0.15, 0.2) is 0 Å². The average Bonchev–Trinajstić information content (AvgIpc) is 2.41. The zero-order valence-corrected chi connectivity index (χ0v) is 12.0. The summed E-state index contributed by atoms with van der Waals surface area (Å²) >= 11 is 6.38. The standard InChI is InChI=1S/C16H16ClFO/c1-10-4-5-12(8-11(10)2)16(17)14-7-6-13(19-3)9-15(14)18/h4-9,16H,1-3H3. The molecule has 2 aromatic rings. The highest BCUT2D eigenvalue weighted by Gasteiger charge is 2.16. The highest BCUT2D eigenvalue weighted by molar-refractivity contribution is 6.22. The van der Waals surface area contributed by atoms with Gasteiger partial charge in [-0.1, -0.05) is 24.3 Å². The highest BCUT2D eigenvalue weighted by Crippen LogP contribution is 2.32. The molecular formula is C16H16ClFO. The second kappa shape index (κ2) is 5.62. The van der Waals surface area contributed by atoms with Gasteiger partial charge >= 0.3 is 0 Å². The Morgan fingerprint density at radius 2 is 1.79 bits per heavy atom. The third-order valence-corrected chi connectivity index (χ3v) is 3.79. The molecule has 0 radical (unpaired) electrons. The monoisotopic (exact) mass is 278 g/mol. The summed E-state index contributed by atoms with van der Waals surface area (Å²) < 4.78 is 19.0. The molecule has 1 nitrogen and oxygen atoms in total. The lowest BCUT2D eigenvalue weighted by molar-refractivity contribution is 0.410. The van der Waals surface area contributed by atoms with E-state index in [0.717, 1.165) is 11.1 Å². The number of rotatable bonds is 3. The van der Waals surface area contributed by atoms with Crippen LogP contribution in [0, 0.1) is 19.7 Å². The topological polar surface area (TPSA) is 9.23 Å². The second-order valence-corrected chi connectivity index (χ2v) is 5.03. The summed E-state index contributed by atoms with van der Waals surface area (Å²) in [5.41, 5.74) is 3.71. The molecule has 2 aromatic carbocycles. The van der Waals surface area contributed by atoms with Crippen LogP contribution in [0.2, 0.25) is 0 Å². The molecule has 0 aliphatic rings. The molecule has 0 bridgehead atoms. The normalized spacial score (nSPS) is 12.3. The second-order valence-electron chi connectivity index (χ2n) is 4.59. The lowest BCUT2D eigenvalue weighted by Gasteiger charge is -2.14. The number of methoxy groups -OCH3 is 1. The molecule has 1 unspecified atom stereocenters. The molecule has 0 amide bonds. The summed E-state index contributed by atoms with van der Waals surface area (Å²) in [6, 6.07) is 10.7. The van der Waals surface area contributed by atoms with E-state index in [1.165, 1.54) is 18.7 Å². The Morgan fingerprint density at radius 3 is 2.37 bits per heavy atom. The van der Waals surface area contributed by atoms with Gasteiger partial charge in [-0.15, -0.1) is 11.6 Å². The van der Waals surface area contributed by atoms with Gasteiger partial charge in [-0.25, -0.2) is 4.39 Å². The van der Waals surface area contributed by atoms with E-state index in [2.05, 4.69) is 0 Å².